The van der Waals surface area contributed by atoms with Crippen LogP contribution in [0.15, 0.2) is 30.5 Å². The van der Waals surface area contributed by atoms with E-state index in [4.69, 9.17) is 0 Å². The molecule has 2 rings (SSSR count). The van der Waals surface area contributed by atoms with Crippen LogP contribution in [0, 0.1) is 6.92 Å². The second-order valence-electron chi connectivity index (χ2n) is 5.01. The van der Waals surface area contributed by atoms with Gasteiger partial charge in [-0.1, -0.05) is 6.07 Å². The normalized spacial score (nSPS) is 11.5. The average Bonchev–Trinajstić information content (AvgIpc) is 2.76. The van der Waals surface area contributed by atoms with Crippen LogP contribution >= 0.6 is 0 Å². The van der Waals surface area contributed by atoms with Gasteiger partial charge in [-0.2, -0.15) is 18.3 Å². The molecule has 22 heavy (non-hydrogen) atoms. The smallest absolute Gasteiger partial charge is 0.326 e. The molecule has 1 aromatic carbocycles. The zero-order valence-corrected chi connectivity index (χ0v) is 12.2. The molecule has 0 spiro atoms. The molecule has 0 aliphatic heterocycles. The first-order valence-corrected chi connectivity index (χ1v) is 6.72. The molecule has 0 aliphatic carbocycles. The molecule has 7 heteroatoms. The number of amides is 1. The van der Waals surface area contributed by atoms with Crippen LogP contribution in [0.2, 0.25) is 0 Å². The Morgan fingerprint density at radius 2 is 2.09 bits per heavy atom. The van der Waals surface area contributed by atoms with Crippen molar-refractivity contribution in [1.82, 2.24) is 9.78 Å². The minimum absolute atomic E-state index is 0.141. The largest absolute Gasteiger partial charge is 0.416 e. The van der Waals surface area contributed by atoms with E-state index in [1.165, 1.54) is 12.1 Å². The highest BCUT2D eigenvalue weighted by Crippen LogP contribution is 2.30. The molecule has 1 aromatic heterocycles. The van der Waals surface area contributed by atoms with Gasteiger partial charge in [-0.05, 0) is 37.1 Å². The summed E-state index contributed by atoms with van der Waals surface area (Å²) in [5, 5.41) is 6.56. The number of hydrogen-bond donors (Lipinski definition) is 1. The van der Waals surface area contributed by atoms with E-state index in [1.807, 2.05) is 14.0 Å². The maximum atomic E-state index is 12.6. The topological polar surface area (TPSA) is 46.9 Å². The summed E-state index contributed by atoms with van der Waals surface area (Å²) in [5.41, 5.74) is 1.27. The molecular formula is C15H16F3N3O. The Hall–Kier alpha value is -2.31. The Kier molecular flexibility index (Phi) is 4.54. The highest BCUT2D eigenvalue weighted by molar-refractivity contribution is 5.90. The van der Waals surface area contributed by atoms with Gasteiger partial charge in [0.05, 0.1) is 11.8 Å². The highest BCUT2D eigenvalue weighted by Gasteiger charge is 2.30. The molecule has 2 aromatic rings. The number of alkyl halides is 3. The number of aromatic nitrogens is 2. The predicted molar refractivity (Wildman–Crippen MR) is 76.3 cm³/mol. The summed E-state index contributed by atoms with van der Waals surface area (Å²) in [4.78, 5) is 11.8. The quantitative estimate of drug-likeness (QED) is 0.941. The maximum Gasteiger partial charge on any atom is 0.416 e. The Labute approximate surface area is 125 Å². The first-order valence-electron chi connectivity index (χ1n) is 6.72. The van der Waals surface area contributed by atoms with E-state index in [1.54, 1.807) is 10.9 Å². The van der Waals surface area contributed by atoms with Crippen molar-refractivity contribution in [3.05, 3.63) is 47.3 Å². The summed E-state index contributed by atoms with van der Waals surface area (Å²) in [7, 11) is 1.81. The number of benzene rings is 1. The van der Waals surface area contributed by atoms with E-state index in [0.29, 0.717) is 6.42 Å². The fourth-order valence-electron chi connectivity index (χ4n) is 2.03. The van der Waals surface area contributed by atoms with Gasteiger partial charge in [0.1, 0.15) is 0 Å². The molecule has 1 N–H and O–H groups in total. The number of rotatable bonds is 4. The van der Waals surface area contributed by atoms with Gasteiger partial charge in [-0.15, -0.1) is 0 Å². The van der Waals surface area contributed by atoms with Gasteiger partial charge in [-0.3, -0.25) is 9.48 Å². The van der Waals surface area contributed by atoms with Crippen LogP contribution in [-0.4, -0.2) is 15.7 Å². The molecule has 0 saturated heterocycles. The van der Waals surface area contributed by atoms with Crippen molar-refractivity contribution in [2.75, 3.05) is 5.32 Å². The van der Waals surface area contributed by atoms with Crippen LogP contribution in [0.5, 0.6) is 0 Å². The second-order valence-corrected chi connectivity index (χ2v) is 5.01. The molecule has 0 radical (unpaired) electrons. The van der Waals surface area contributed by atoms with Crippen molar-refractivity contribution in [1.29, 1.82) is 0 Å². The number of halogens is 3. The van der Waals surface area contributed by atoms with E-state index >= 15 is 0 Å². The number of hydrogen-bond acceptors (Lipinski definition) is 2. The molecular weight excluding hydrogens is 295 g/mol. The van der Waals surface area contributed by atoms with E-state index in [-0.39, 0.29) is 18.0 Å². The summed E-state index contributed by atoms with van der Waals surface area (Å²) in [6.45, 7) is 1.90. The summed E-state index contributed by atoms with van der Waals surface area (Å²) in [5.74, 6) is -0.331. The average molecular weight is 311 g/mol. The standard InChI is InChI=1S/C15H16F3N3O/c1-10-11(9-19-21(10)2)6-7-14(22)20-13-5-3-4-12(8-13)15(16,17)18/h3-5,8-9H,6-7H2,1-2H3,(H,20,22). The van der Waals surface area contributed by atoms with Gasteiger partial charge in [0.2, 0.25) is 5.91 Å². The van der Waals surface area contributed by atoms with Crippen LogP contribution in [0.25, 0.3) is 0 Å². The first kappa shape index (κ1) is 16.1. The van der Waals surface area contributed by atoms with E-state index in [9.17, 15) is 18.0 Å². The lowest BCUT2D eigenvalue weighted by molar-refractivity contribution is -0.137. The summed E-state index contributed by atoms with van der Waals surface area (Å²) < 4.78 is 39.5. The van der Waals surface area contributed by atoms with Gasteiger partial charge in [-0.25, -0.2) is 0 Å². The molecule has 0 aliphatic rings. The second kappa shape index (κ2) is 6.21. The molecule has 0 fully saturated rings. The summed E-state index contributed by atoms with van der Waals surface area (Å²) >= 11 is 0. The number of nitrogens with zero attached hydrogens (tertiary/aromatic N) is 2. The minimum Gasteiger partial charge on any atom is -0.326 e. The number of nitrogens with one attached hydrogen (secondary N) is 1. The highest BCUT2D eigenvalue weighted by atomic mass is 19.4. The SMILES string of the molecule is Cc1c(CCC(=O)Nc2cccc(C(F)(F)F)c2)cnn1C. The number of carbonyl (C=O) groups excluding carboxylic acids is 1. The monoisotopic (exact) mass is 311 g/mol. The van der Waals surface area contributed by atoms with Crippen molar-refractivity contribution in [3.63, 3.8) is 0 Å². The molecule has 0 bridgehead atoms. The third-order valence-corrected chi connectivity index (χ3v) is 3.43. The van der Waals surface area contributed by atoms with E-state index < -0.39 is 11.7 Å². The van der Waals surface area contributed by atoms with Gasteiger partial charge < -0.3 is 5.32 Å². The fourth-order valence-corrected chi connectivity index (χ4v) is 2.03. The van der Waals surface area contributed by atoms with E-state index in [0.717, 1.165) is 23.4 Å². The van der Waals surface area contributed by atoms with Crippen molar-refractivity contribution in [2.45, 2.75) is 25.9 Å². The maximum absolute atomic E-state index is 12.6. The summed E-state index contributed by atoms with van der Waals surface area (Å²) in [6.07, 6.45) is -2.06. The van der Waals surface area contributed by atoms with Crippen molar-refractivity contribution < 1.29 is 18.0 Å². The van der Waals surface area contributed by atoms with Crippen molar-refractivity contribution >= 4 is 11.6 Å². The lowest BCUT2D eigenvalue weighted by Gasteiger charge is -2.09. The molecule has 0 unspecified atom stereocenters. The van der Waals surface area contributed by atoms with Gasteiger partial charge in [0.15, 0.2) is 0 Å². The Morgan fingerprint density at radius 1 is 1.36 bits per heavy atom. The predicted octanol–water partition coefficient (Wildman–Crippen LogP) is 3.32. The molecule has 0 saturated carbocycles. The van der Waals surface area contributed by atoms with Crippen LogP contribution in [0.4, 0.5) is 18.9 Å². The van der Waals surface area contributed by atoms with Crippen molar-refractivity contribution in [2.24, 2.45) is 7.05 Å². The third-order valence-electron chi connectivity index (χ3n) is 3.43. The molecule has 4 nitrogen and oxygen atoms in total. The van der Waals surface area contributed by atoms with Crippen LogP contribution < -0.4 is 5.32 Å². The zero-order chi connectivity index (χ0) is 16.3. The Bertz CT molecular complexity index is 677. The lowest BCUT2D eigenvalue weighted by Crippen LogP contribution is -2.13. The van der Waals surface area contributed by atoms with Crippen molar-refractivity contribution in [3.8, 4) is 0 Å². The molecule has 118 valence electrons. The Morgan fingerprint density at radius 3 is 2.68 bits per heavy atom. The lowest BCUT2D eigenvalue weighted by atomic mass is 10.1. The fraction of sp³-hybridized carbons (Fsp3) is 0.333. The minimum atomic E-state index is -4.42. The zero-order valence-electron chi connectivity index (χ0n) is 12.2. The molecule has 0 atom stereocenters. The van der Waals surface area contributed by atoms with Gasteiger partial charge >= 0.3 is 6.18 Å². The van der Waals surface area contributed by atoms with Crippen LogP contribution in [0.1, 0.15) is 23.2 Å². The number of anilines is 1. The number of aryl methyl sites for hydroxylation is 2. The van der Waals surface area contributed by atoms with Gasteiger partial charge in [0, 0.05) is 24.8 Å². The third kappa shape index (κ3) is 3.87. The molecule has 1 heterocycles. The van der Waals surface area contributed by atoms with E-state index in [2.05, 4.69) is 10.4 Å². The first-order chi connectivity index (χ1) is 10.3. The number of carbonyl (C=O) groups is 1. The van der Waals surface area contributed by atoms with Crippen LogP contribution in [0.3, 0.4) is 0 Å². The Balaban J connectivity index is 1.96. The van der Waals surface area contributed by atoms with Crippen LogP contribution in [-0.2, 0) is 24.4 Å². The van der Waals surface area contributed by atoms with Gasteiger partial charge in [0.25, 0.3) is 0 Å². The summed E-state index contributed by atoms with van der Waals surface area (Å²) in [6, 6.07) is 4.59. The molecule has 1 amide bonds.